The molecule has 3 atom stereocenters. The van der Waals surface area contributed by atoms with Crippen molar-refractivity contribution < 1.29 is 5.11 Å². The third-order valence-corrected chi connectivity index (χ3v) is 9.76. The fourth-order valence-electron chi connectivity index (χ4n) is 7.47. The molecule has 0 radical (unpaired) electrons. The van der Waals surface area contributed by atoms with Crippen molar-refractivity contribution in [3.63, 3.8) is 0 Å². The van der Waals surface area contributed by atoms with E-state index in [-0.39, 0.29) is 12.1 Å². The van der Waals surface area contributed by atoms with Gasteiger partial charge in [0.15, 0.2) is 11.5 Å². The van der Waals surface area contributed by atoms with Gasteiger partial charge in [-0.1, -0.05) is 12.1 Å². The Balaban J connectivity index is 1.02. The van der Waals surface area contributed by atoms with Crippen molar-refractivity contribution in [2.75, 3.05) is 56.5 Å². The number of hydrogen-bond donors (Lipinski definition) is 2. The van der Waals surface area contributed by atoms with Crippen LogP contribution in [0.5, 0.6) is 0 Å². The molecule has 11 heteroatoms. The highest BCUT2D eigenvalue weighted by Crippen LogP contribution is 2.36. The molecular weight excluding hydrogens is 542 g/mol. The van der Waals surface area contributed by atoms with Crippen molar-refractivity contribution in [3.05, 3.63) is 76.9 Å². The molecule has 0 bridgehead atoms. The van der Waals surface area contributed by atoms with Crippen LogP contribution >= 0.6 is 0 Å². The lowest BCUT2D eigenvalue weighted by Crippen LogP contribution is -2.57. The number of anilines is 3. The summed E-state index contributed by atoms with van der Waals surface area (Å²) < 4.78 is 3.26. The van der Waals surface area contributed by atoms with Gasteiger partial charge in [0.25, 0.3) is 5.56 Å². The zero-order valence-electron chi connectivity index (χ0n) is 24.4. The van der Waals surface area contributed by atoms with Gasteiger partial charge in [-0.2, -0.15) is 4.98 Å². The number of rotatable bonds is 7. The molecule has 0 spiro atoms. The number of nitrogens with one attached hydrogen (secondary N) is 1. The van der Waals surface area contributed by atoms with Crippen LogP contribution in [0, 0.1) is 11.8 Å². The van der Waals surface area contributed by atoms with Crippen molar-refractivity contribution in [1.82, 2.24) is 34.1 Å². The first-order valence-electron chi connectivity index (χ1n) is 15.3. The number of allylic oxidation sites excluding steroid dienone is 1. The van der Waals surface area contributed by atoms with E-state index in [1.54, 1.807) is 21.6 Å². The SMILES string of the molecule is C=CCn1c(=O)c2cnc(Nc3ccc(N4C[C@@H]5CN(C6CN(C)C6)C[C@@H]5C4)cc3)nc2n1-c1ccc2c(n1)C(O)CC2. The van der Waals surface area contributed by atoms with Crippen LogP contribution in [0.4, 0.5) is 17.3 Å². The second kappa shape index (κ2) is 10.3. The van der Waals surface area contributed by atoms with E-state index in [4.69, 9.17) is 9.97 Å². The minimum atomic E-state index is -0.601. The van der Waals surface area contributed by atoms with E-state index in [1.165, 1.54) is 31.9 Å². The summed E-state index contributed by atoms with van der Waals surface area (Å²) >= 11 is 0. The zero-order chi connectivity index (χ0) is 29.2. The molecule has 3 fully saturated rings. The van der Waals surface area contributed by atoms with E-state index in [2.05, 4.69) is 62.9 Å². The summed E-state index contributed by atoms with van der Waals surface area (Å²) in [6, 6.07) is 13.1. The topological polar surface area (TPSA) is 108 Å². The molecule has 222 valence electrons. The van der Waals surface area contributed by atoms with Crippen LogP contribution in [-0.4, -0.2) is 91.6 Å². The largest absolute Gasteiger partial charge is 0.387 e. The average molecular weight is 580 g/mol. The van der Waals surface area contributed by atoms with Gasteiger partial charge in [0.1, 0.15) is 5.39 Å². The van der Waals surface area contributed by atoms with Crippen LogP contribution in [0.1, 0.15) is 23.8 Å². The molecule has 3 aliphatic heterocycles. The van der Waals surface area contributed by atoms with Gasteiger partial charge in [-0.25, -0.2) is 19.3 Å². The van der Waals surface area contributed by atoms with Crippen molar-refractivity contribution in [3.8, 4) is 5.82 Å². The summed E-state index contributed by atoms with van der Waals surface area (Å²) in [5, 5.41) is 14.2. The van der Waals surface area contributed by atoms with Gasteiger partial charge in [-0.05, 0) is 67.6 Å². The monoisotopic (exact) mass is 579 g/mol. The number of aromatic nitrogens is 5. The fraction of sp³-hybridized carbons (Fsp3) is 0.438. The van der Waals surface area contributed by atoms with Gasteiger partial charge in [-0.3, -0.25) is 9.69 Å². The predicted molar refractivity (Wildman–Crippen MR) is 166 cm³/mol. The summed E-state index contributed by atoms with van der Waals surface area (Å²) in [5.41, 5.74) is 4.05. The first kappa shape index (κ1) is 26.6. The summed E-state index contributed by atoms with van der Waals surface area (Å²) in [6.07, 6.45) is 4.08. The quantitative estimate of drug-likeness (QED) is 0.320. The third kappa shape index (κ3) is 4.54. The van der Waals surface area contributed by atoms with E-state index in [0.29, 0.717) is 34.9 Å². The number of nitrogens with zero attached hydrogens (tertiary/aromatic N) is 8. The lowest BCUT2D eigenvalue weighted by molar-refractivity contribution is 0.0646. The summed E-state index contributed by atoms with van der Waals surface area (Å²) in [4.78, 5) is 34.9. The molecule has 3 aromatic heterocycles. The highest BCUT2D eigenvalue weighted by molar-refractivity contribution is 5.77. The third-order valence-electron chi connectivity index (χ3n) is 9.76. The van der Waals surface area contributed by atoms with E-state index < -0.39 is 6.10 Å². The molecule has 1 aliphatic carbocycles. The summed E-state index contributed by atoms with van der Waals surface area (Å²) in [7, 11) is 2.21. The van der Waals surface area contributed by atoms with Crippen LogP contribution in [0.25, 0.3) is 16.9 Å². The second-order valence-corrected chi connectivity index (χ2v) is 12.6. The molecule has 8 rings (SSSR count). The molecule has 0 saturated carbocycles. The number of fused-ring (bicyclic) bond motifs is 3. The van der Waals surface area contributed by atoms with Gasteiger partial charge in [-0.15, -0.1) is 6.58 Å². The molecule has 1 aromatic carbocycles. The van der Waals surface area contributed by atoms with Crippen molar-refractivity contribution in [2.45, 2.75) is 31.5 Å². The minimum absolute atomic E-state index is 0.216. The number of aliphatic hydroxyl groups is 1. The second-order valence-electron chi connectivity index (χ2n) is 12.6. The smallest absolute Gasteiger partial charge is 0.278 e. The fourth-order valence-corrected chi connectivity index (χ4v) is 7.47. The Kier molecular flexibility index (Phi) is 6.35. The number of likely N-dealkylation sites (tertiary alicyclic amines) is 2. The highest BCUT2D eigenvalue weighted by atomic mass is 16.3. The Morgan fingerprint density at radius 1 is 1.02 bits per heavy atom. The Hall–Kier alpha value is -4.06. The Morgan fingerprint density at radius 3 is 2.51 bits per heavy atom. The van der Waals surface area contributed by atoms with Crippen LogP contribution in [-0.2, 0) is 13.0 Å². The number of aliphatic hydroxyl groups excluding tert-OH is 1. The molecule has 2 N–H and O–H groups in total. The highest BCUT2D eigenvalue weighted by Gasteiger charge is 2.44. The first-order chi connectivity index (χ1) is 20.9. The molecular formula is C32H37N9O2. The normalized spacial score (nSPS) is 24.0. The Labute approximate surface area is 250 Å². The van der Waals surface area contributed by atoms with Crippen LogP contribution < -0.4 is 15.8 Å². The van der Waals surface area contributed by atoms with Gasteiger partial charge >= 0.3 is 0 Å². The van der Waals surface area contributed by atoms with Crippen molar-refractivity contribution in [1.29, 1.82) is 0 Å². The maximum Gasteiger partial charge on any atom is 0.278 e. The Bertz CT molecular complexity index is 1740. The van der Waals surface area contributed by atoms with Gasteiger partial charge < -0.3 is 20.2 Å². The van der Waals surface area contributed by atoms with Gasteiger partial charge in [0.05, 0.1) is 18.3 Å². The van der Waals surface area contributed by atoms with Crippen LogP contribution in [0.15, 0.2) is 60.0 Å². The molecule has 4 aromatic rings. The predicted octanol–water partition coefficient (Wildman–Crippen LogP) is 2.57. The summed E-state index contributed by atoms with van der Waals surface area (Å²) in [5.74, 6) is 2.42. The lowest BCUT2D eigenvalue weighted by atomic mass is 10.0. The van der Waals surface area contributed by atoms with E-state index in [0.717, 1.165) is 48.6 Å². The Morgan fingerprint density at radius 2 is 1.79 bits per heavy atom. The molecule has 0 amide bonds. The maximum absolute atomic E-state index is 13.3. The number of pyridine rings is 1. The maximum atomic E-state index is 13.3. The molecule has 3 saturated heterocycles. The van der Waals surface area contributed by atoms with Crippen molar-refractivity contribution >= 4 is 28.4 Å². The van der Waals surface area contributed by atoms with E-state index >= 15 is 0 Å². The van der Waals surface area contributed by atoms with Crippen molar-refractivity contribution in [2.24, 2.45) is 11.8 Å². The van der Waals surface area contributed by atoms with E-state index in [9.17, 15) is 9.90 Å². The van der Waals surface area contributed by atoms with Gasteiger partial charge in [0.2, 0.25) is 5.95 Å². The standard InChI is InChI=1S/C32H37N9O2/c1-3-12-40-31(43)26-13-33-32(36-30(26)41(40)28-11-5-20-4-10-27(42)29(20)35-28)34-23-6-8-24(9-7-23)38-14-21-16-39(17-22(21)15-38)25-18-37(2)19-25/h3,5-9,11,13,21-22,25,27,42H,1,4,10,12,14-19H2,2H3,(H,33,34,36)/t21-,22+,27?. The average Bonchev–Trinajstić information content (AvgIpc) is 3.74. The number of aryl methyl sites for hydroxylation is 1. The first-order valence-corrected chi connectivity index (χ1v) is 15.3. The molecule has 1 unspecified atom stereocenters. The van der Waals surface area contributed by atoms with Crippen LogP contribution in [0.2, 0.25) is 0 Å². The molecule has 43 heavy (non-hydrogen) atoms. The lowest BCUT2D eigenvalue weighted by Gasteiger charge is -2.42. The number of benzene rings is 1. The number of likely N-dealkylation sites (N-methyl/N-ethyl adjacent to an activating group) is 1. The molecule has 11 nitrogen and oxygen atoms in total. The van der Waals surface area contributed by atoms with Gasteiger partial charge in [0, 0.05) is 62.9 Å². The summed E-state index contributed by atoms with van der Waals surface area (Å²) in [6.45, 7) is 11.2. The molecule has 6 heterocycles. The number of hydrogen-bond acceptors (Lipinski definition) is 9. The zero-order valence-corrected chi connectivity index (χ0v) is 24.4. The van der Waals surface area contributed by atoms with Crippen LogP contribution in [0.3, 0.4) is 0 Å². The van der Waals surface area contributed by atoms with E-state index in [1.807, 2.05) is 12.1 Å². The molecule has 4 aliphatic rings. The minimum Gasteiger partial charge on any atom is -0.387 e.